The van der Waals surface area contributed by atoms with Gasteiger partial charge in [-0.2, -0.15) is 0 Å². The first-order chi connectivity index (χ1) is 17.8. The molecule has 0 fully saturated rings. The third-order valence-corrected chi connectivity index (χ3v) is 6.15. The summed E-state index contributed by atoms with van der Waals surface area (Å²) in [6.07, 6.45) is 0.434. The molecule has 0 saturated carbocycles. The van der Waals surface area contributed by atoms with Gasteiger partial charge >= 0.3 is 0 Å². The van der Waals surface area contributed by atoms with Crippen LogP contribution in [0.25, 0.3) is 0 Å². The van der Waals surface area contributed by atoms with Crippen LogP contribution in [0.1, 0.15) is 95.4 Å². The van der Waals surface area contributed by atoms with E-state index in [-0.39, 0.29) is 42.0 Å². The maximum Gasteiger partial charge on any atom is 0.251 e. The van der Waals surface area contributed by atoms with Crippen LogP contribution in [0.2, 0.25) is 0 Å². The molecule has 1 aromatic rings. The second-order valence-electron chi connectivity index (χ2n) is 11.1. The van der Waals surface area contributed by atoms with Crippen LogP contribution in [0.5, 0.6) is 0 Å². The molecule has 9 nitrogen and oxygen atoms in total. The molecule has 1 rings (SSSR count). The van der Waals surface area contributed by atoms with Gasteiger partial charge in [0.2, 0.25) is 11.8 Å². The van der Waals surface area contributed by atoms with E-state index >= 15 is 0 Å². The van der Waals surface area contributed by atoms with Crippen LogP contribution in [0.15, 0.2) is 24.3 Å². The standard InChI is InChI=1S/C29H48N4O5/c1-9-13-30-27(36)21-11-10-12-22(16-21)28(37)32-23(14-17(2)3)24(34)15-20(8)26(35)33-25(18(4)5)29(38)31-19(6)7/h10-12,16-20,23-25,34H,9,13-15H2,1-8H3,(H,30,36)(H,31,38)(H,32,37)(H,33,35)/t20-,23+,24+,25+/m1/s1. The zero-order valence-electron chi connectivity index (χ0n) is 24.3. The third-order valence-electron chi connectivity index (χ3n) is 6.15. The number of carbonyl (C=O) groups is 4. The molecule has 4 amide bonds. The van der Waals surface area contributed by atoms with Gasteiger partial charge in [0.25, 0.3) is 11.8 Å². The summed E-state index contributed by atoms with van der Waals surface area (Å²) in [6, 6.07) is 5.12. The molecule has 4 atom stereocenters. The number of hydrogen-bond donors (Lipinski definition) is 5. The van der Waals surface area contributed by atoms with Gasteiger partial charge in [-0.25, -0.2) is 0 Å². The summed E-state index contributed by atoms with van der Waals surface area (Å²) in [4.78, 5) is 50.8. The van der Waals surface area contributed by atoms with Crippen molar-refractivity contribution in [3.8, 4) is 0 Å². The number of benzene rings is 1. The molecule has 5 N–H and O–H groups in total. The average molecular weight is 533 g/mol. The Morgan fingerprint density at radius 1 is 0.816 bits per heavy atom. The van der Waals surface area contributed by atoms with Crippen LogP contribution in [0.4, 0.5) is 0 Å². The Bertz CT molecular complexity index is 931. The van der Waals surface area contributed by atoms with Gasteiger partial charge in [-0.3, -0.25) is 19.2 Å². The molecule has 214 valence electrons. The molecule has 0 aromatic heterocycles. The molecule has 0 heterocycles. The van der Waals surface area contributed by atoms with Crippen molar-refractivity contribution in [2.45, 2.75) is 98.9 Å². The maximum absolute atomic E-state index is 13.1. The van der Waals surface area contributed by atoms with Crippen LogP contribution < -0.4 is 21.3 Å². The van der Waals surface area contributed by atoms with E-state index in [4.69, 9.17) is 0 Å². The van der Waals surface area contributed by atoms with Gasteiger partial charge in [0.1, 0.15) is 6.04 Å². The molecule has 0 bridgehead atoms. The fourth-order valence-electron chi connectivity index (χ4n) is 4.05. The predicted molar refractivity (Wildman–Crippen MR) is 150 cm³/mol. The molecule has 1 aromatic carbocycles. The van der Waals surface area contributed by atoms with Gasteiger partial charge < -0.3 is 26.4 Å². The highest BCUT2D eigenvalue weighted by atomic mass is 16.3. The summed E-state index contributed by atoms with van der Waals surface area (Å²) in [5.74, 6) is -1.74. The van der Waals surface area contributed by atoms with Crippen LogP contribution in [-0.4, -0.2) is 59.5 Å². The number of rotatable bonds is 15. The Morgan fingerprint density at radius 3 is 1.95 bits per heavy atom. The Kier molecular flexibility index (Phi) is 14.0. The number of aliphatic hydroxyl groups is 1. The Labute approximate surface area is 227 Å². The van der Waals surface area contributed by atoms with Gasteiger partial charge in [-0.15, -0.1) is 0 Å². The Morgan fingerprint density at radius 2 is 1.42 bits per heavy atom. The minimum Gasteiger partial charge on any atom is -0.391 e. The summed E-state index contributed by atoms with van der Waals surface area (Å²) >= 11 is 0. The highest BCUT2D eigenvalue weighted by Crippen LogP contribution is 2.17. The van der Waals surface area contributed by atoms with E-state index in [0.29, 0.717) is 24.1 Å². The quantitative estimate of drug-likeness (QED) is 0.237. The smallest absolute Gasteiger partial charge is 0.251 e. The van der Waals surface area contributed by atoms with E-state index in [0.717, 1.165) is 6.42 Å². The van der Waals surface area contributed by atoms with E-state index in [1.165, 1.54) is 6.07 Å². The number of carbonyl (C=O) groups excluding carboxylic acids is 4. The lowest BCUT2D eigenvalue weighted by Crippen LogP contribution is -2.53. The van der Waals surface area contributed by atoms with Crippen molar-refractivity contribution in [3.05, 3.63) is 35.4 Å². The van der Waals surface area contributed by atoms with E-state index in [2.05, 4.69) is 21.3 Å². The zero-order valence-corrected chi connectivity index (χ0v) is 24.3. The van der Waals surface area contributed by atoms with Crippen molar-refractivity contribution in [2.24, 2.45) is 17.8 Å². The summed E-state index contributed by atoms with van der Waals surface area (Å²) in [5.41, 5.74) is 0.704. The number of amides is 4. The molecule has 9 heteroatoms. The molecule has 38 heavy (non-hydrogen) atoms. The van der Waals surface area contributed by atoms with E-state index < -0.39 is 30.0 Å². The SMILES string of the molecule is CCCNC(=O)c1cccc(C(=O)N[C@@H](CC(C)C)[C@@H](O)C[C@@H](C)C(=O)N[C@H](C(=O)NC(C)C)C(C)C)c1. The largest absolute Gasteiger partial charge is 0.391 e. The maximum atomic E-state index is 13.1. The third kappa shape index (κ3) is 11.2. The lowest BCUT2D eigenvalue weighted by molar-refractivity contribution is -0.132. The molecule has 0 unspecified atom stereocenters. The first-order valence-corrected chi connectivity index (χ1v) is 13.7. The van der Waals surface area contributed by atoms with Gasteiger partial charge in [0, 0.05) is 29.6 Å². The fourth-order valence-corrected chi connectivity index (χ4v) is 4.05. The highest BCUT2D eigenvalue weighted by molar-refractivity contribution is 5.99. The van der Waals surface area contributed by atoms with Crippen molar-refractivity contribution < 1.29 is 24.3 Å². The monoisotopic (exact) mass is 532 g/mol. The van der Waals surface area contributed by atoms with Gasteiger partial charge in [0.15, 0.2) is 0 Å². The first-order valence-electron chi connectivity index (χ1n) is 13.7. The normalized spacial score (nSPS) is 14.5. The Balaban J connectivity index is 2.92. The van der Waals surface area contributed by atoms with Crippen molar-refractivity contribution >= 4 is 23.6 Å². The minimum absolute atomic E-state index is 0.0493. The van der Waals surface area contributed by atoms with Crippen LogP contribution in [0, 0.1) is 17.8 Å². The molecule has 0 spiro atoms. The minimum atomic E-state index is -0.986. The molecule has 0 aliphatic rings. The van der Waals surface area contributed by atoms with E-state index in [9.17, 15) is 24.3 Å². The van der Waals surface area contributed by atoms with Crippen molar-refractivity contribution in [2.75, 3.05) is 6.54 Å². The molecule has 0 saturated heterocycles. The molecular formula is C29H48N4O5. The summed E-state index contributed by atoms with van der Waals surface area (Å²) in [6.45, 7) is 15.6. The Hall–Kier alpha value is -2.94. The van der Waals surface area contributed by atoms with Crippen molar-refractivity contribution in [3.63, 3.8) is 0 Å². The number of nitrogens with one attached hydrogen (secondary N) is 4. The topological polar surface area (TPSA) is 137 Å². The fraction of sp³-hybridized carbons (Fsp3) is 0.655. The summed E-state index contributed by atoms with van der Waals surface area (Å²) in [5, 5.41) is 22.4. The van der Waals surface area contributed by atoms with Crippen molar-refractivity contribution in [1.82, 2.24) is 21.3 Å². The van der Waals surface area contributed by atoms with Crippen molar-refractivity contribution in [1.29, 1.82) is 0 Å². The van der Waals surface area contributed by atoms with Crippen LogP contribution in [-0.2, 0) is 9.59 Å². The molecular weight excluding hydrogens is 484 g/mol. The second-order valence-corrected chi connectivity index (χ2v) is 11.1. The predicted octanol–water partition coefficient (Wildman–Crippen LogP) is 3.02. The highest BCUT2D eigenvalue weighted by Gasteiger charge is 2.30. The van der Waals surface area contributed by atoms with Crippen LogP contribution >= 0.6 is 0 Å². The molecule has 0 aliphatic carbocycles. The summed E-state index contributed by atoms with van der Waals surface area (Å²) < 4.78 is 0. The van der Waals surface area contributed by atoms with Gasteiger partial charge in [0.05, 0.1) is 12.1 Å². The van der Waals surface area contributed by atoms with Crippen LogP contribution in [0.3, 0.4) is 0 Å². The second kappa shape index (κ2) is 16.1. The van der Waals surface area contributed by atoms with Gasteiger partial charge in [-0.05, 0) is 63.1 Å². The zero-order chi connectivity index (χ0) is 29.0. The van der Waals surface area contributed by atoms with Gasteiger partial charge in [-0.1, -0.05) is 47.6 Å². The molecule has 0 radical (unpaired) electrons. The summed E-state index contributed by atoms with van der Waals surface area (Å²) in [7, 11) is 0. The lowest BCUT2D eigenvalue weighted by atomic mass is 9.91. The lowest BCUT2D eigenvalue weighted by Gasteiger charge is -2.29. The van der Waals surface area contributed by atoms with E-state index in [1.807, 2.05) is 48.5 Å². The first kappa shape index (κ1) is 33.1. The number of aliphatic hydroxyl groups excluding tert-OH is 1. The molecule has 0 aliphatic heterocycles. The van der Waals surface area contributed by atoms with E-state index in [1.54, 1.807) is 25.1 Å². The average Bonchev–Trinajstić information content (AvgIpc) is 2.84. The number of hydrogen-bond acceptors (Lipinski definition) is 5.